The van der Waals surface area contributed by atoms with E-state index < -0.39 is 76.2 Å². The molecule has 37 heavy (non-hydrogen) atoms. The Morgan fingerprint density at radius 3 is 1.27 bits per heavy atom. The SMILES string of the molecule is CO[C@H]1O[C@H](COC(=O)C(C)(C)C)[C@@H](OC(=O)C(C)(C)C)[C@H](OC(=O)C(C)(C)C)[C@H]1OC(=O)C(C)(C)C. The van der Waals surface area contributed by atoms with Crippen molar-refractivity contribution in [2.24, 2.45) is 21.7 Å². The third-order valence-corrected chi connectivity index (χ3v) is 5.38. The number of rotatable bonds is 6. The molecule has 5 atom stereocenters. The quantitative estimate of drug-likeness (QED) is 0.370. The molecule has 1 saturated heterocycles. The van der Waals surface area contributed by atoms with Gasteiger partial charge in [-0.25, -0.2) is 0 Å². The van der Waals surface area contributed by atoms with E-state index in [4.69, 9.17) is 28.4 Å². The van der Waals surface area contributed by atoms with Crippen molar-refractivity contribution < 1.29 is 47.6 Å². The highest BCUT2D eigenvalue weighted by Gasteiger charge is 2.54. The van der Waals surface area contributed by atoms with Gasteiger partial charge in [0.1, 0.15) is 12.7 Å². The number of carbonyl (C=O) groups excluding carboxylic acids is 4. The summed E-state index contributed by atoms with van der Waals surface area (Å²) in [4.78, 5) is 51.3. The van der Waals surface area contributed by atoms with Gasteiger partial charge in [0.15, 0.2) is 24.6 Å². The first kappa shape index (κ1) is 32.8. The number of hydrogen-bond donors (Lipinski definition) is 0. The normalized spacial score (nSPS) is 25.2. The average molecular weight is 531 g/mol. The van der Waals surface area contributed by atoms with E-state index in [2.05, 4.69) is 0 Å². The Hall–Kier alpha value is -2.20. The minimum Gasteiger partial charge on any atom is -0.462 e. The third kappa shape index (κ3) is 9.25. The van der Waals surface area contributed by atoms with Crippen molar-refractivity contribution in [2.75, 3.05) is 13.7 Å². The van der Waals surface area contributed by atoms with Crippen molar-refractivity contribution in [1.82, 2.24) is 0 Å². The Balaban J connectivity index is 3.58. The Morgan fingerprint density at radius 1 is 0.568 bits per heavy atom. The zero-order valence-corrected chi connectivity index (χ0v) is 24.7. The molecular weight excluding hydrogens is 484 g/mol. The summed E-state index contributed by atoms with van der Waals surface area (Å²) in [6, 6.07) is 0. The van der Waals surface area contributed by atoms with Crippen molar-refractivity contribution in [2.45, 2.75) is 114 Å². The average Bonchev–Trinajstić information content (AvgIpc) is 2.71. The van der Waals surface area contributed by atoms with Crippen LogP contribution in [0.2, 0.25) is 0 Å². The first-order valence-electron chi connectivity index (χ1n) is 12.5. The zero-order valence-electron chi connectivity index (χ0n) is 24.7. The predicted octanol–water partition coefficient (Wildman–Crippen LogP) is 3.82. The van der Waals surface area contributed by atoms with E-state index in [-0.39, 0.29) is 6.61 Å². The molecule has 10 nitrogen and oxygen atoms in total. The summed E-state index contributed by atoms with van der Waals surface area (Å²) < 4.78 is 34.4. The van der Waals surface area contributed by atoms with Gasteiger partial charge in [0, 0.05) is 7.11 Å². The second kappa shape index (κ2) is 11.7. The van der Waals surface area contributed by atoms with E-state index in [0.29, 0.717) is 0 Å². The molecule has 0 unspecified atom stereocenters. The standard InChI is InChI=1S/C27H46O10/c1-24(2,3)20(28)33-14-15-16(35-21(29)25(4,5)6)17(36-22(30)26(7,8)9)18(19(32-13)34-15)37-23(31)27(10,11)12/h15-19H,14H2,1-13H3/t15-,16-,17+,18-,19+/m1/s1. The molecule has 1 fully saturated rings. The highest BCUT2D eigenvalue weighted by Crippen LogP contribution is 2.34. The van der Waals surface area contributed by atoms with E-state index in [1.54, 1.807) is 83.1 Å². The minimum absolute atomic E-state index is 0.318. The van der Waals surface area contributed by atoms with Crippen LogP contribution in [0.5, 0.6) is 0 Å². The number of methoxy groups -OCH3 is 1. The van der Waals surface area contributed by atoms with Crippen molar-refractivity contribution in [3.8, 4) is 0 Å². The van der Waals surface area contributed by atoms with Crippen LogP contribution in [0.1, 0.15) is 83.1 Å². The molecule has 1 aliphatic heterocycles. The van der Waals surface area contributed by atoms with Crippen molar-refractivity contribution in [3.05, 3.63) is 0 Å². The van der Waals surface area contributed by atoms with Gasteiger partial charge < -0.3 is 28.4 Å². The number of carbonyl (C=O) groups is 4. The summed E-state index contributed by atoms with van der Waals surface area (Å²) in [7, 11) is 1.34. The zero-order chi connectivity index (χ0) is 29.1. The van der Waals surface area contributed by atoms with Crippen LogP contribution in [-0.4, -0.2) is 68.3 Å². The molecule has 1 rings (SSSR count). The summed E-state index contributed by atoms with van der Waals surface area (Å²) in [6.45, 7) is 19.8. The summed E-state index contributed by atoms with van der Waals surface area (Å²) in [5, 5.41) is 0. The van der Waals surface area contributed by atoms with E-state index in [9.17, 15) is 19.2 Å². The van der Waals surface area contributed by atoms with Crippen LogP contribution >= 0.6 is 0 Å². The third-order valence-electron chi connectivity index (χ3n) is 5.38. The van der Waals surface area contributed by atoms with Gasteiger partial charge in [0.05, 0.1) is 21.7 Å². The second-order valence-corrected chi connectivity index (χ2v) is 13.5. The van der Waals surface area contributed by atoms with E-state index in [1.165, 1.54) is 7.11 Å². The molecular formula is C27H46O10. The van der Waals surface area contributed by atoms with Crippen molar-refractivity contribution in [1.29, 1.82) is 0 Å². The van der Waals surface area contributed by atoms with Gasteiger partial charge in [-0.2, -0.15) is 0 Å². The van der Waals surface area contributed by atoms with Crippen LogP contribution in [0.25, 0.3) is 0 Å². The molecule has 0 aromatic rings. The van der Waals surface area contributed by atoms with E-state index >= 15 is 0 Å². The van der Waals surface area contributed by atoms with Crippen LogP contribution < -0.4 is 0 Å². The lowest BCUT2D eigenvalue weighted by Gasteiger charge is -2.45. The summed E-state index contributed by atoms with van der Waals surface area (Å²) in [5.74, 6) is -2.33. The molecule has 0 aromatic heterocycles. The fraction of sp³-hybridized carbons (Fsp3) is 0.852. The van der Waals surface area contributed by atoms with E-state index in [0.717, 1.165) is 0 Å². The monoisotopic (exact) mass is 530 g/mol. The lowest BCUT2D eigenvalue weighted by molar-refractivity contribution is -0.306. The second-order valence-electron chi connectivity index (χ2n) is 13.5. The van der Waals surface area contributed by atoms with Crippen LogP contribution in [0.3, 0.4) is 0 Å². The largest absolute Gasteiger partial charge is 0.462 e. The van der Waals surface area contributed by atoms with Gasteiger partial charge in [0.25, 0.3) is 0 Å². The van der Waals surface area contributed by atoms with Gasteiger partial charge in [0.2, 0.25) is 0 Å². The topological polar surface area (TPSA) is 124 Å². The first-order chi connectivity index (χ1) is 16.5. The lowest BCUT2D eigenvalue weighted by Crippen LogP contribution is -2.64. The van der Waals surface area contributed by atoms with Crippen molar-refractivity contribution >= 4 is 23.9 Å². The Morgan fingerprint density at radius 2 is 0.919 bits per heavy atom. The summed E-state index contributed by atoms with van der Waals surface area (Å²) in [5.41, 5.74) is -3.53. The number of esters is 4. The number of ether oxygens (including phenoxy) is 6. The Kier molecular flexibility index (Phi) is 10.4. The lowest BCUT2D eigenvalue weighted by atomic mass is 9.93. The molecule has 0 bridgehead atoms. The molecule has 0 aliphatic carbocycles. The maximum atomic E-state index is 13.0. The highest BCUT2D eigenvalue weighted by molar-refractivity contribution is 5.78. The Bertz CT molecular complexity index is 835. The summed E-state index contributed by atoms with van der Waals surface area (Å²) in [6.07, 6.45) is -6.12. The minimum atomic E-state index is -1.30. The van der Waals surface area contributed by atoms with Crippen LogP contribution in [0.4, 0.5) is 0 Å². The molecule has 0 N–H and O–H groups in total. The maximum absolute atomic E-state index is 13.0. The van der Waals surface area contributed by atoms with Crippen LogP contribution in [0, 0.1) is 21.7 Å². The molecule has 214 valence electrons. The van der Waals surface area contributed by atoms with Gasteiger partial charge in [-0.3, -0.25) is 19.2 Å². The molecule has 0 radical (unpaired) electrons. The van der Waals surface area contributed by atoms with Crippen LogP contribution in [-0.2, 0) is 47.6 Å². The molecule has 0 saturated carbocycles. The molecule has 0 aromatic carbocycles. The first-order valence-corrected chi connectivity index (χ1v) is 12.5. The van der Waals surface area contributed by atoms with Crippen LogP contribution in [0.15, 0.2) is 0 Å². The predicted molar refractivity (Wildman–Crippen MR) is 134 cm³/mol. The smallest absolute Gasteiger partial charge is 0.311 e. The maximum Gasteiger partial charge on any atom is 0.311 e. The van der Waals surface area contributed by atoms with Gasteiger partial charge in [-0.15, -0.1) is 0 Å². The molecule has 1 heterocycles. The van der Waals surface area contributed by atoms with Gasteiger partial charge >= 0.3 is 23.9 Å². The number of hydrogen-bond acceptors (Lipinski definition) is 10. The van der Waals surface area contributed by atoms with E-state index in [1.807, 2.05) is 0 Å². The van der Waals surface area contributed by atoms with Gasteiger partial charge in [-0.05, 0) is 83.1 Å². The molecule has 1 aliphatic rings. The Labute approximate surface area is 221 Å². The molecule has 10 heteroatoms. The molecule has 0 spiro atoms. The van der Waals surface area contributed by atoms with Crippen molar-refractivity contribution in [3.63, 3.8) is 0 Å². The fourth-order valence-electron chi connectivity index (χ4n) is 2.88. The summed E-state index contributed by atoms with van der Waals surface area (Å²) >= 11 is 0. The van der Waals surface area contributed by atoms with Gasteiger partial charge in [-0.1, -0.05) is 0 Å². The highest BCUT2D eigenvalue weighted by atomic mass is 16.7. The molecule has 0 amide bonds. The fourth-order valence-corrected chi connectivity index (χ4v) is 2.88.